The van der Waals surface area contributed by atoms with Crippen LogP contribution in [0.25, 0.3) is 0 Å². The molecule has 1 N–H and O–H groups in total. The molecule has 0 aromatic rings. The number of likely N-dealkylation sites (tertiary alicyclic amines) is 1. The van der Waals surface area contributed by atoms with Crippen LogP contribution in [-0.4, -0.2) is 48.1 Å². The summed E-state index contributed by atoms with van der Waals surface area (Å²) in [5.41, 5.74) is 0. The van der Waals surface area contributed by atoms with Crippen molar-refractivity contribution in [2.75, 3.05) is 25.9 Å². The van der Waals surface area contributed by atoms with Gasteiger partial charge in [0.15, 0.2) is 0 Å². The molecular formula is C13H26N2S. The standard InChI is InChI=1S/C13H26N2S/c1-11-13(7-5-9-16-11)14-10-12-6-3-4-8-15(12)2/h11-14H,3-10H2,1-2H3. The molecule has 0 aromatic carbocycles. The second-order valence-electron chi connectivity index (χ2n) is 5.36. The Kier molecular flexibility index (Phi) is 4.98. The van der Waals surface area contributed by atoms with E-state index in [1.165, 1.54) is 50.9 Å². The molecule has 2 aliphatic rings. The van der Waals surface area contributed by atoms with E-state index in [2.05, 4.69) is 35.9 Å². The van der Waals surface area contributed by atoms with Crippen LogP contribution in [0.3, 0.4) is 0 Å². The Balaban J connectivity index is 1.72. The largest absolute Gasteiger partial charge is 0.311 e. The number of piperidine rings is 1. The van der Waals surface area contributed by atoms with Gasteiger partial charge in [-0.1, -0.05) is 13.3 Å². The number of nitrogens with zero attached hydrogens (tertiary/aromatic N) is 1. The fourth-order valence-electron chi connectivity index (χ4n) is 2.88. The maximum atomic E-state index is 3.81. The van der Waals surface area contributed by atoms with Gasteiger partial charge >= 0.3 is 0 Å². The smallest absolute Gasteiger partial charge is 0.0217 e. The Morgan fingerprint density at radius 2 is 2.12 bits per heavy atom. The molecule has 3 unspecified atom stereocenters. The first-order valence-electron chi connectivity index (χ1n) is 6.82. The van der Waals surface area contributed by atoms with Gasteiger partial charge in [0.1, 0.15) is 0 Å². The average Bonchev–Trinajstić information content (AvgIpc) is 2.30. The summed E-state index contributed by atoms with van der Waals surface area (Å²) in [6.07, 6.45) is 6.98. The molecule has 0 aromatic heterocycles. The highest BCUT2D eigenvalue weighted by atomic mass is 32.2. The number of hydrogen-bond acceptors (Lipinski definition) is 3. The van der Waals surface area contributed by atoms with Gasteiger partial charge in [0.05, 0.1) is 0 Å². The van der Waals surface area contributed by atoms with E-state index in [0.29, 0.717) is 0 Å². The fourth-order valence-corrected chi connectivity index (χ4v) is 4.05. The minimum atomic E-state index is 0.758. The van der Waals surface area contributed by atoms with E-state index in [-0.39, 0.29) is 0 Å². The van der Waals surface area contributed by atoms with E-state index >= 15 is 0 Å². The summed E-state index contributed by atoms with van der Waals surface area (Å²) >= 11 is 2.14. The van der Waals surface area contributed by atoms with Gasteiger partial charge in [-0.2, -0.15) is 11.8 Å². The Morgan fingerprint density at radius 1 is 1.25 bits per heavy atom. The molecule has 2 saturated heterocycles. The van der Waals surface area contributed by atoms with Crippen LogP contribution in [0.1, 0.15) is 39.0 Å². The molecule has 2 aliphatic heterocycles. The van der Waals surface area contributed by atoms with Gasteiger partial charge in [-0.05, 0) is 45.0 Å². The normalized spacial score (nSPS) is 37.5. The highest BCUT2D eigenvalue weighted by Gasteiger charge is 2.24. The molecular weight excluding hydrogens is 216 g/mol. The molecule has 0 amide bonds. The summed E-state index contributed by atoms with van der Waals surface area (Å²) in [6, 6.07) is 1.54. The molecule has 3 atom stereocenters. The molecule has 2 heterocycles. The maximum absolute atomic E-state index is 3.81. The first kappa shape index (κ1) is 12.7. The van der Waals surface area contributed by atoms with Gasteiger partial charge in [0.25, 0.3) is 0 Å². The fraction of sp³-hybridized carbons (Fsp3) is 1.00. The number of nitrogens with one attached hydrogen (secondary N) is 1. The second kappa shape index (κ2) is 6.27. The van der Waals surface area contributed by atoms with E-state index in [9.17, 15) is 0 Å². The van der Waals surface area contributed by atoms with Crippen molar-refractivity contribution in [3.05, 3.63) is 0 Å². The quantitative estimate of drug-likeness (QED) is 0.818. The summed E-state index contributed by atoms with van der Waals surface area (Å²) in [5, 5.41) is 4.62. The zero-order valence-corrected chi connectivity index (χ0v) is 11.6. The van der Waals surface area contributed by atoms with Crippen LogP contribution in [0.4, 0.5) is 0 Å². The molecule has 2 rings (SSSR count). The number of likely N-dealkylation sites (N-methyl/N-ethyl adjacent to an activating group) is 1. The van der Waals surface area contributed by atoms with Crippen molar-refractivity contribution < 1.29 is 0 Å². The van der Waals surface area contributed by atoms with Gasteiger partial charge in [-0.3, -0.25) is 0 Å². The molecule has 94 valence electrons. The van der Waals surface area contributed by atoms with E-state index in [1.807, 2.05) is 0 Å². The summed E-state index contributed by atoms with van der Waals surface area (Å²) < 4.78 is 0. The van der Waals surface area contributed by atoms with Crippen LogP contribution in [0.2, 0.25) is 0 Å². The van der Waals surface area contributed by atoms with E-state index in [0.717, 1.165) is 17.3 Å². The predicted octanol–water partition coefficient (Wildman–Crippen LogP) is 2.34. The van der Waals surface area contributed by atoms with Crippen molar-refractivity contribution in [2.24, 2.45) is 0 Å². The van der Waals surface area contributed by atoms with Crippen molar-refractivity contribution in [1.82, 2.24) is 10.2 Å². The molecule has 0 saturated carbocycles. The van der Waals surface area contributed by atoms with Crippen molar-refractivity contribution >= 4 is 11.8 Å². The van der Waals surface area contributed by atoms with Crippen LogP contribution >= 0.6 is 11.8 Å². The second-order valence-corrected chi connectivity index (χ2v) is 6.85. The molecule has 2 nitrogen and oxygen atoms in total. The van der Waals surface area contributed by atoms with Gasteiger partial charge < -0.3 is 10.2 Å². The molecule has 0 bridgehead atoms. The van der Waals surface area contributed by atoms with Gasteiger partial charge in [-0.15, -0.1) is 0 Å². The van der Waals surface area contributed by atoms with Gasteiger partial charge in [-0.25, -0.2) is 0 Å². The molecule has 2 fully saturated rings. The highest BCUT2D eigenvalue weighted by molar-refractivity contribution is 7.99. The first-order valence-corrected chi connectivity index (χ1v) is 7.87. The lowest BCUT2D eigenvalue weighted by atomic mass is 10.0. The SMILES string of the molecule is CC1SCCCC1NCC1CCCCN1C. The Morgan fingerprint density at radius 3 is 2.88 bits per heavy atom. The van der Waals surface area contributed by atoms with E-state index < -0.39 is 0 Å². The third kappa shape index (κ3) is 3.38. The van der Waals surface area contributed by atoms with Crippen molar-refractivity contribution in [2.45, 2.75) is 56.4 Å². The lowest BCUT2D eigenvalue weighted by Gasteiger charge is -2.36. The minimum absolute atomic E-state index is 0.758. The van der Waals surface area contributed by atoms with Crippen LogP contribution in [0, 0.1) is 0 Å². The summed E-state index contributed by atoms with van der Waals surface area (Å²) in [7, 11) is 2.28. The molecule has 0 spiro atoms. The third-order valence-electron chi connectivity index (χ3n) is 4.14. The number of thioether (sulfide) groups is 1. The van der Waals surface area contributed by atoms with E-state index in [1.54, 1.807) is 0 Å². The Bertz CT molecular complexity index is 188. The lowest BCUT2D eigenvalue weighted by Crippen LogP contribution is -2.48. The van der Waals surface area contributed by atoms with Gasteiger partial charge in [0.2, 0.25) is 0 Å². The maximum Gasteiger partial charge on any atom is 0.0217 e. The number of rotatable bonds is 3. The average molecular weight is 242 g/mol. The molecule has 0 radical (unpaired) electrons. The Hall–Kier alpha value is 0.270. The predicted molar refractivity (Wildman–Crippen MR) is 73.2 cm³/mol. The van der Waals surface area contributed by atoms with Gasteiger partial charge in [0, 0.05) is 23.9 Å². The van der Waals surface area contributed by atoms with Crippen molar-refractivity contribution in [3.63, 3.8) is 0 Å². The van der Waals surface area contributed by atoms with Crippen LogP contribution in [0.5, 0.6) is 0 Å². The van der Waals surface area contributed by atoms with Crippen LogP contribution in [-0.2, 0) is 0 Å². The summed E-state index contributed by atoms with van der Waals surface area (Å²) in [4.78, 5) is 2.54. The zero-order chi connectivity index (χ0) is 11.4. The van der Waals surface area contributed by atoms with Crippen LogP contribution in [0.15, 0.2) is 0 Å². The van der Waals surface area contributed by atoms with Crippen molar-refractivity contribution in [3.8, 4) is 0 Å². The minimum Gasteiger partial charge on any atom is -0.311 e. The first-order chi connectivity index (χ1) is 7.77. The topological polar surface area (TPSA) is 15.3 Å². The van der Waals surface area contributed by atoms with Crippen molar-refractivity contribution in [1.29, 1.82) is 0 Å². The Labute approximate surface area is 105 Å². The summed E-state index contributed by atoms with van der Waals surface area (Å²) in [5.74, 6) is 1.36. The van der Waals surface area contributed by atoms with Crippen LogP contribution < -0.4 is 5.32 Å². The highest BCUT2D eigenvalue weighted by Crippen LogP contribution is 2.25. The zero-order valence-electron chi connectivity index (χ0n) is 10.7. The monoisotopic (exact) mass is 242 g/mol. The molecule has 0 aliphatic carbocycles. The van der Waals surface area contributed by atoms with E-state index in [4.69, 9.17) is 0 Å². The summed E-state index contributed by atoms with van der Waals surface area (Å²) in [6.45, 7) is 4.87. The molecule has 3 heteroatoms. The molecule has 16 heavy (non-hydrogen) atoms. The number of hydrogen-bond donors (Lipinski definition) is 1. The third-order valence-corrected chi connectivity index (χ3v) is 5.52. The lowest BCUT2D eigenvalue weighted by molar-refractivity contribution is 0.176.